The number of halogens is 3. The molecular weight excluding hydrogens is 333 g/mol. The molecule has 2 aliphatic rings. The van der Waals surface area contributed by atoms with Crippen molar-refractivity contribution in [3.63, 3.8) is 0 Å². The summed E-state index contributed by atoms with van der Waals surface area (Å²) in [6.45, 7) is 8.26. The number of hydrogen-bond acceptors (Lipinski definition) is 3. The van der Waals surface area contributed by atoms with E-state index in [9.17, 15) is 18.0 Å². The molecule has 0 spiro atoms. The number of piperazine rings is 1. The van der Waals surface area contributed by atoms with E-state index in [2.05, 4.69) is 0 Å². The maximum Gasteiger partial charge on any atom is 0.416 e. The summed E-state index contributed by atoms with van der Waals surface area (Å²) < 4.78 is 44.5. The topological polar surface area (TPSA) is 32.8 Å². The first-order valence-corrected chi connectivity index (χ1v) is 8.42. The molecule has 0 saturated carbocycles. The summed E-state index contributed by atoms with van der Waals surface area (Å²) in [7, 11) is 0. The molecule has 1 amide bonds. The van der Waals surface area contributed by atoms with Gasteiger partial charge in [-0.3, -0.25) is 0 Å². The lowest BCUT2D eigenvalue weighted by molar-refractivity contribution is -0.137. The number of ether oxygens (including phenoxy) is 1. The minimum Gasteiger partial charge on any atom is -0.444 e. The summed E-state index contributed by atoms with van der Waals surface area (Å²) in [5.41, 5.74) is 0.332. The van der Waals surface area contributed by atoms with Crippen molar-refractivity contribution in [3.05, 3.63) is 29.3 Å². The van der Waals surface area contributed by atoms with Gasteiger partial charge in [-0.15, -0.1) is 0 Å². The maximum absolute atomic E-state index is 13.0. The van der Waals surface area contributed by atoms with Crippen LogP contribution in [0.15, 0.2) is 18.2 Å². The minimum atomic E-state index is -4.35. The first kappa shape index (κ1) is 17.9. The quantitative estimate of drug-likeness (QED) is 0.702. The van der Waals surface area contributed by atoms with Crippen LogP contribution < -0.4 is 4.90 Å². The number of hydrogen-bond donors (Lipinski definition) is 0. The van der Waals surface area contributed by atoms with Gasteiger partial charge >= 0.3 is 12.3 Å². The highest BCUT2D eigenvalue weighted by Crippen LogP contribution is 2.40. The number of nitrogens with zero attached hydrogens (tertiary/aromatic N) is 2. The van der Waals surface area contributed by atoms with Crippen LogP contribution >= 0.6 is 0 Å². The second-order valence-corrected chi connectivity index (χ2v) is 7.84. The molecule has 0 aliphatic carbocycles. The zero-order valence-electron chi connectivity index (χ0n) is 14.9. The van der Waals surface area contributed by atoms with Crippen molar-refractivity contribution in [2.24, 2.45) is 0 Å². The van der Waals surface area contributed by atoms with Crippen molar-refractivity contribution >= 4 is 11.8 Å². The van der Waals surface area contributed by atoms with Gasteiger partial charge in [0.25, 0.3) is 0 Å². The van der Waals surface area contributed by atoms with Crippen molar-refractivity contribution in [3.8, 4) is 0 Å². The second kappa shape index (κ2) is 5.81. The Kier molecular flexibility index (Phi) is 4.16. The predicted molar refractivity (Wildman–Crippen MR) is 88.7 cm³/mol. The zero-order chi connectivity index (χ0) is 18.6. The van der Waals surface area contributed by atoms with Crippen LogP contribution in [0.2, 0.25) is 0 Å². The van der Waals surface area contributed by atoms with Gasteiger partial charge in [0.1, 0.15) is 5.60 Å². The fourth-order valence-corrected chi connectivity index (χ4v) is 3.66. The summed E-state index contributed by atoms with van der Waals surface area (Å²) in [6.07, 6.45) is -4.09. The standard InChI is InChI=1S/C18H23F3N2O2/c1-11-9-22(16(24)25-17(2,3)4)10-14-7-12-5-6-13(18(19,20)21)8-15(12)23(11)14/h5-6,8,11,14H,7,9-10H2,1-4H3/t11?,14-/m0/s1. The average molecular weight is 356 g/mol. The fourth-order valence-electron chi connectivity index (χ4n) is 3.66. The van der Waals surface area contributed by atoms with Crippen LogP contribution in [0.5, 0.6) is 0 Å². The molecule has 7 heteroatoms. The summed E-state index contributed by atoms with van der Waals surface area (Å²) in [5, 5.41) is 0. The molecule has 1 aromatic rings. The van der Waals surface area contributed by atoms with Gasteiger partial charge in [0.2, 0.25) is 0 Å². The molecule has 138 valence electrons. The van der Waals surface area contributed by atoms with Crippen LogP contribution in [0.1, 0.15) is 38.8 Å². The van der Waals surface area contributed by atoms with E-state index < -0.39 is 17.3 Å². The Morgan fingerprint density at radius 1 is 1.20 bits per heavy atom. The molecule has 0 aromatic heterocycles. The molecule has 0 N–H and O–H groups in total. The Bertz CT molecular complexity index is 682. The van der Waals surface area contributed by atoms with E-state index in [0.717, 1.165) is 11.6 Å². The van der Waals surface area contributed by atoms with Gasteiger partial charge in [-0.25, -0.2) is 4.79 Å². The third-order valence-electron chi connectivity index (χ3n) is 4.58. The third kappa shape index (κ3) is 3.55. The molecule has 1 aromatic carbocycles. The summed E-state index contributed by atoms with van der Waals surface area (Å²) in [5.74, 6) is 0. The average Bonchev–Trinajstić information content (AvgIpc) is 2.82. The number of anilines is 1. The Balaban J connectivity index is 1.81. The van der Waals surface area contributed by atoms with Gasteiger partial charge in [-0.2, -0.15) is 13.2 Å². The van der Waals surface area contributed by atoms with E-state index in [0.29, 0.717) is 25.2 Å². The maximum atomic E-state index is 13.0. The molecule has 0 radical (unpaired) electrons. The van der Waals surface area contributed by atoms with Crippen molar-refractivity contribution in [1.29, 1.82) is 0 Å². The first-order valence-electron chi connectivity index (χ1n) is 8.42. The largest absolute Gasteiger partial charge is 0.444 e. The number of rotatable bonds is 0. The molecule has 1 unspecified atom stereocenters. The molecule has 0 bridgehead atoms. The van der Waals surface area contributed by atoms with E-state index in [1.807, 2.05) is 32.6 Å². The first-order chi connectivity index (χ1) is 11.5. The van der Waals surface area contributed by atoms with Crippen molar-refractivity contribution < 1.29 is 22.7 Å². The van der Waals surface area contributed by atoms with E-state index in [-0.39, 0.29) is 18.2 Å². The molecule has 2 atom stereocenters. The molecule has 2 heterocycles. The normalized spacial score (nSPS) is 23.3. The van der Waals surface area contributed by atoms with Gasteiger partial charge in [-0.1, -0.05) is 6.07 Å². The lowest BCUT2D eigenvalue weighted by Crippen LogP contribution is -2.58. The Morgan fingerprint density at radius 3 is 2.48 bits per heavy atom. The molecule has 2 aliphatic heterocycles. The SMILES string of the molecule is CC1CN(C(=O)OC(C)(C)C)C[C@@H]2Cc3ccc(C(F)(F)F)cc3N12. The van der Waals surface area contributed by atoms with Crippen molar-refractivity contribution in [1.82, 2.24) is 4.90 Å². The lowest BCUT2D eigenvalue weighted by Gasteiger charge is -2.44. The molecule has 25 heavy (non-hydrogen) atoms. The third-order valence-corrected chi connectivity index (χ3v) is 4.58. The van der Waals surface area contributed by atoms with Gasteiger partial charge in [-0.05, 0) is 51.8 Å². The van der Waals surface area contributed by atoms with Crippen molar-refractivity contribution in [2.75, 3.05) is 18.0 Å². The van der Waals surface area contributed by atoms with Crippen molar-refractivity contribution in [2.45, 2.75) is 58.0 Å². The van der Waals surface area contributed by atoms with Crippen LogP contribution in [0.3, 0.4) is 0 Å². The highest BCUT2D eigenvalue weighted by Gasteiger charge is 2.42. The predicted octanol–water partition coefficient (Wildman–Crippen LogP) is 4.08. The number of carbonyl (C=O) groups is 1. The van der Waals surface area contributed by atoms with Crippen LogP contribution in [-0.2, 0) is 17.3 Å². The number of fused-ring (bicyclic) bond motifs is 3. The molecule has 1 saturated heterocycles. The zero-order valence-corrected chi connectivity index (χ0v) is 14.9. The van der Waals surface area contributed by atoms with Crippen LogP contribution in [0.25, 0.3) is 0 Å². The summed E-state index contributed by atoms with van der Waals surface area (Å²) >= 11 is 0. The monoisotopic (exact) mass is 356 g/mol. The molecule has 4 nitrogen and oxygen atoms in total. The lowest BCUT2D eigenvalue weighted by atomic mass is 10.1. The van der Waals surface area contributed by atoms with E-state index in [1.54, 1.807) is 11.0 Å². The number of amides is 1. The molecule has 1 fully saturated rings. The van der Waals surface area contributed by atoms with Crippen LogP contribution in [-0.4, -0.2) is 41.8 Å². The van der Waals surface area contributed by atoms with Gasteiger partial charge < -0.3 is 14.5 Å². The smallest absolute Gasteiger partial charge is 0.416 e. The summed E-state index contributed by atoms with van der Waals surface area (Å²) in [6, 6.07) is 3.83. The Morgan fingerprint density at radius 2 is 1.88 bits per heavy atom. The minimum absolute atomic E-state index is 0.0187. The summed E-state index contributed by atoms with van der Waals surface area (Å²) in [4.78, 5) is 16.0. The highest BCUT2D eigenvalue weighted by atomic mass is 19.4. The van der Waals surface area contributed by atoms with Crippen LogP contribution in [0, 0.1) is 0 Å². The highest BCUT2D eigenvalue weighted by molar-refractivity contribution is 5.70. The number of carbonyl (C=O) groups excluding carboxylic acids is 1. The van der Waals surface area contributed by atoms with Gasteiger partial charge in [0.15, 0.2) is 0 Å². The number of benzene rings is 1. The van der Waals surface area contributed by atoms with E-state index in [4.69, 9.17) is 4.74 Å². The Hall–Kier alpha value is -1.92. The van der Waals surface area contributed by atoms with Gasteiger partial charge in [0.05, 0.1) is 11.6 Å². The van der Waals surface area contributed by atoms with E-state index >= 15 is 0 Å². The van der Waals surface area contributed by atoms with E-state index in [1.165, 1.54) is 6.07 Å². The van der Waals surface area contributed by atoms with Crippen LogP contribution in [0.4, 0.5) is 23.7 Å². The van der Waals surface area contributed by atoms with Gasteiger partial charge in [0, 0.05) is 24.8 Å². The molecule has 3 rings (SSSR count). The molecular formula is C18H23F3N2O2. The second-order valence-electron chi connectivity index (χ2n) is 7.84. The Labute approximate surface area is 145 Å². The number of alkyl halides is 3. The fraction of sp³-hybridized carbons (Fsp3) is 0.611.